The van der Waals surface area contributed by atoms with E-state index in [4.69, 9.17) is 10.3 Å². The highest BCUT2D eigenvalue weighted by molar-refractivity contribution is 5.38. The maximum Gasteiger partial charge on any atom is 0.229 e. The van der Waals surface area contributed by atoms with Crippen LogP contribution in [0.2, 0.25) is 0 Å². The van der Waals surface area contributed by atoms with E-state index in [1.165, 1.54) is 11.1 Å². The molecule has 1 heterocycles. The topological polar surface area (TPSA) is 64.9 Å². The number of hydrogen-bond donors (Lipinski definition) is 1. The molecule has 2 atom stereocenters. The second kappa shape index (κ2) is 5.75. The first kappa shape index (κ1) is 13.3. The molecule has 2 N–H and O–H groups in total. The second-order valence-corrected chi connectivity index (χ2v) is 5.61. The number of nitrogens with zero attached hydrogens (tertiary/aromatic N) is 2. The van der Waals surface area contributed by atoms with Crippen LogP contribution in [-0.2, 0) is 6.42 Å². The van der Waals surface area contributed by atoms with Gasteiger partial charge in [-0.05, 0) is 43.4 Å². The Balaban J connectivity index is 1.78. The molecule has 0 radical (unpaired) electrons. The number of hydrogen-bond acceptors (Lipinski definition) is 4. The fourth-order valence-electron chi connectivity index (χ4n) is 2.96. The number of nitrogens with two attached hydrogens (primary N) is 1. The molecule has 1 aromatic heterocycles. The van der Waals surface area contributed by atoms with Gasteiger partial charge in [-0.2, -0.15) is 4.98 Å². The molecule has 2 aromatic rings. The van der Waals surface area contributed by atoms with Crippen LogP contribution < -0.4 is 5.73 Å². The monoisotopic (exact) mass is 271 g/mol. The Hall–Kier alpha value is -1.68. The average molecular weight is 271 g/mol. The molecule has 0 saturated carbocycles. The number of rotatable bonds is 5. The lowest BCUT2D eigenvalue weighted by molar-refractivity contribution is 0.347. The van der Waals surface area contributed by atoms with Gasteiger partial charge in [0.2, 0.25) is 5.89 Å². The predicted molar refractivity (Wildman–Crippen MR) is 77.6 cm³/mol. The zero-order valence-electron chi connectivity index (χ0n) is 11.9. The van der Waals surface area contributed by atoms with Gasteiger partial charge in [-0.25, -0.2) is 0 Å². The van der Waals surface area contributed by atoms with Gasteiger partial charge in [-0.3, -0.25) is 0 Å². The van der Waals surface area contributed by atoms with Gasteiger partial charge < -0.3 is 10.3 Å². The molecule has 3 rings (SSSR count). The number of benzene rings is 1. The maximum atomic E-state index is 5.55. The smallest absolute Gasteiger partial charge is 0.229 e. The van der Waals surface area contributed by atoms with E-state index in [2.05, 4.69) is 41.3 Å². The molecule has 0 fully saturated rings. The van der Waals surface area contributed by atoms with Crippen LogP contribution in [0.25, 0.3) is 0 Å². The molecule has 106 valence electrons. The summed E-state index contributed by atoms with van der Waals surface area (Å²) in [5, 5.41) is 4.21. The molecule has 1 aliphatic rings. The summed E-state index contributed by atoms with van der Waals surface area (Å²) in [6, 6.07) is 8.56. The normalized spacial score (nSPS) is 19.0. The van der Waals surface area contributed by atoms with Crippen LogP contribution in [0.4, 0.5) is 0 Å². The highest BCUT2D eigenvalue weighted by atomic mass is 16.5. The van der Waals surface area contributed by atoms with Crippen molar-refractivity contribution in [2.45, 2.75) is 44.4 Å². The van der Waals surface area contributed by atoms with Crippen LogP contribution in [0.5, 0.6) is 0 Å². The third kappa shape index (κ3) is 2.48. The molecule has 0 saturated heterocycles. The molecule has 0 spiro atoms. The number of fused-ring (bicyclic) bond motifs is 1. The Morgan fingerprint density at radius 3 is 3.10 bits per heavy atom. The van der Waals surface area contributed by atoms with Crippen molar-refractivity contribution in [3.8, 4) is 0 Å². The minimum Gasteiger partial charge on any atom is -0.339 e. The van der Waals surface area contributed by atoms with Gasteiger partial charge in [0.05, 0.1) is 0 Å². The van der Waals surface area contributed by atoms with Crippen molar-refractivity contribution < 1.29 is 4.52 Å². The third-order valence-electron chi connectivity index (χ3n) is 4.16. The molecule has 1 aromatic carbocycles. The van der Waals surface area contributed by atoms with Crippen molar-refractivity contribution in [2.24, 2.45) is 5.73 Å². The SMILES string of the molecule is CC(CCCN)c1nc(C2CCc3ccccc32)no1. The summed E-state index contributed by atoms with van der Waals surface area (Å²) in [5.41, 5.74) is 8.32. The molecule has 4 heteroatoms. The van der Waals surface area contributed by atoms with Crippen LogP contribution >= 0.6 is 0 Å². The van der Waals surface area contributed by atoms with Crippen molar-refractivity contribution in [1.82, 2.24) is 10.1 Å². The van der Waals surface area contributed by atoms with E-state index in [0.717, 1.165) is 37.4 Å². The number of aromatic nitrogens is 2. The van der Waals surface area contributed by atoms with Crippen molar-refractivity contribution >= 4 is 0 Å². The Morgan fingerprint density at radius 2 is 2.25 bits per heavy atom. The Labute approximate surface area is 119 Å². The van der Waals surface area contributed by atoms with Gasteiger partial charge >= 0.3 is 0 Å². The van der Waals surface area contributed by atoms with E-state index >= 15 is 0 Å². The summed E-state index contributed by atoms with van der Waals surface area (Å²) in [4.78, 5) is 4.63. The van der Waals surface area contributed by atoms with Crippen molar-refractivity contribution in [3.63, 3.8) is 0 Å². The minimum atomic E-state index is 0.288. The maximum absolute atomic E-state index is 5.55. The summed E-state index contributed by atoms with van der Waals surface area (Å²) in [7, 11) is 0. The summed E-state index contributed by atoms with van der Waals surface area (Å²) in [5.74, 6) is 2.17. The van der Waals surface area contributed by atoms with E-state index in [0.29, 0.717) is 12.5 Å². The standard InChI is InChI=1S/C16H21N3O/c1-11(5-4-10-17)16-18-15(19-20-16)14-9-8-12-6-2-3-7-13(12)14/h2-3,6-7,11,14H,4-5,8-10,17H2,1H3. The van der Waals surface area contributed by atoms with E-state index < -0.39 is 0 Å². The first-order valence-corrected chi connectivity index (χ1v) is 7.41. The predicted octanol–water partition coefficient (Wildman–Crippen LogP) is 2.99. The van der Waals surface area contributed by atoms with Gasteiger partial charge in [0.15, 0.2) is 5.82 Å². The summed E-state index contributed by atoms with van der Waals surface area (Å²) < 4.78 is 5.45. The molecule has 0 aliphatic heterocycles. The highest BCUT2D eigenvalue weighted by Gasteiger charge is 2.28. The van der Waals surface area contributed by atoms with Gasteiger partial charge in [0.25, 0.3) is 0 Å². The Kier molecular flexibility index (Phi) is 3.83. The van der Waals surface area contributed by atoms with Gasteiger partial charge in [-0.15, -0.1) is 0 Å². The van der Waals surface area contributed by atoms with E-state index in [9.17, 15) is 0 Å². The minimum absolute atomic E-state index is 0.288. The quantitative estimate of drug-likeness (QED) is 0.908. The number of aryl methyl sites for hydroxylation is 1. The van der Waals surface area contributed by atoms with Crippen LogP contribution in [0.3, 0.4) is 0 Å². The van der Waals surface area contributed by atoms with Crippen molar-refractivity contribution in [1.29, 1.82) is 0 Å². The average Bonchev–Trinajstić information content (AvgIpc) is 3.10. The first-order valence-electron chi connectivity index (χ1n) is 7.41. The molecule has 1 aliphatic carbocycles. The third-order valence-corrected chi connectivity index (χ3v) is 4.16. The Morgan fingerprint density at radius 1 is 1.40 bits per heavy atom. The molecular weight excluding hydrogens is 250 g/mol. The lowest BCUT2D eigenvalue weighted by atomic mass is 10.0. The fraction of sp³-hybridized carbons (Fsp3) is 0.500. The Bertz CT molecular complexity index is 579. The molecule has 0 amide bonds. The van der Waals surface area contributed by atoms with Gasteiger partial charge in [0.1, 0.15) is 0 Å². The van der Waals surface area contributed by atoms with Crippen LogP contribution in [-0.4, -0.2) is 16.7 Å². The first-order chi connectivity index (χ1) is 9.79. The van der Waals surface area contributed by atoms with E-state index in [1.807, 2.05) is 0 Å². The largest absolute Gasteiger partial charge is 0.339 e. The zero-order valence-corrected chi connectivity index (χ0v) is 11.9. The molecule has 2 unspecified atom stereocenters. The summed E-state index contributed by atoms with van der Waals surface area (Å²) in [6.07, 6.45) is 4.17. The van der Waals surface area contributed by atoms with Crippen molar-refractivity contribution in [3.05, 3.63) is 47.1 Å². The summed E-state index contributed by atoms with van der Waals surface area (Å²) >= 11 is 0. The lowest BCUT2D eigenvalue weighted by Crippen LogP contribution is -2.03. The molecular formula is C16H21N3O. The van der Waals surface area contributed by atoms with E-state index in [-0.39, 0.29) is 5.92 Å². The van der Waals surface area contributed by atoms with Crippen LogP contribution in [0, 0.1) is 0 Å². The molecule has 20 heavy (non-hydrogen) atoms. The molecule has 4 nitrogen and oxygen atoms in total. The van der Waals surface area contributed by atoms with Gasteiger partial charge in [-0.1, -0.05) is 36.3 Å². The fourth-order valence-corrected chi connectivity index (χ4v) is 2.96. The summed E-state index contributed by atoms with van der Waals surface area (Å²) in [6.45, 7) is 2.83. The van der Waals surface area contributed by atoms with E-state index in [1.54, 1.807) is 0 Å². The van der Waals surface area contributed by atoms with Gasteiger partial charge in [0, 0.05) is 11.8 Å². The second-order valence-electron chi connectivity index (χ2n) is 5.61. The lowest BCUT2D eigenvalue weighted by Gasteiger charge is -2.06. The molecule has 0 bridgehead atoms. The highest BCUT2D eigenvalue weighted by Crippen LogP contribution is 2.37. The van der Waals surface area contributed by atoms with Crippen LogP contribution in [0.1, 0.15) is 60.9 Å². The van der Waals surface area contributed by atoms with Crippen molar-refractivity contribution in [2.75, 3.05) is 6.54 Å². The zero-order chi connectivity index (χ0) is 13.9. The van der Waals surface area contributed by atoms with Crippen LogP contribution in [0.15, 0.2) is 28.8 Å².